The topological polar surface area (TPSA) is 21.3 Å². The summed E-state index contributed by atoms with van der Waals surface area (Å²) in [5, 5.41) is 3.43. The zero-order valence-corrected chi connectivity index (χ0v) is 10.3. The molecule has 0 unspecified atom stereocenters. The van der Waals surface area contributed by atoms with Gasteiger partial charge < -0.3 is 10.1 Å². The number of hydrogen-bond acceptors (Lipinski definition) is 2. The average molecular weight is 270 g/mol. The zero-order chi connectivity index (χ0) is 13.1. The van der Waals surface area contributed by atoms with Crippen LogP contribution in [-0.4, -0.2) is 7.11 Å². The van der Waals surface area contributed by atoms with Crippen molar-refractivity contribution in [1.29, 1.82) is 0 Å². The Kier molecular flexibility index (Phi) is 3.67. The number of halogens is 3. The predicted octanol–water partition coefficient (Wildman–Crippen LogP) is 4.37. The van der Waals surface area contributed by atoms with Gasteiger partial charge in [-0.05, 0) is 30.3 Å². The SMILES string of the molecule is COc1ccc(Cl)cc1Nc1ccc(F)c(F)c1. The summed E-state index contributed by atoms with van der Waals surface area (Å²) in [6.45, 7) is 0. The van der Waals surface area contributed by atoms with Crippen molar-refractivity contribution in [2.75, 3.05) is 12.4 Å². The summed E-state index contributed by atoms with van der Waals surface area (Å²) in [5.74, 6) is -1.25. The van der Waals surface area contributed by atoms with E-state index in [-0.39, 0.29) is 0 Å². The van der Waals surface area contributed by atoms with Gasteiger partial charge >= 0.3 is 0 Å². The molecular weight excluding hydrogens is 260 g/mol. The van der Waals surface area contributed by atoms with Gasteiger partial charge in [-0.2, -0.15) is 0 Å². The highest BCUT2D eigenvalue weighted by Crippen LogP contribution is 2.30. The van der Waals surface area contributed by atoms with Crippen molar-refractivity contribution in [3.63, 3.8) is 0 Å². The van der Waals surface area contributed by atoms with Crippen molar-refractivity contribution in [2.24, 2.45) is 0 Å². The molecule has 0 bridgehead atoms. The Balaban J connectivity index is 2.33. The lowest BCUT2D eigenvalue weighted by Gasteiger charge is -2.11. The van der Waals surface area contributed by atoms with Crippen LogP contribution in [0.15, 0.2) is 36.4 Å². The van der Waals surface area contributed by atoms with E-state index in [1.165, 1.54) is 13.2 Å². The van der Waals surface area contributed by atoms with Crippen molar-refractivity contribution in [1.82, 2.24) is 0 Å². The van der Waals surface area contributed by atoms with Crippen LogP contribution in [0, 0.1) is 11.6 Å². The number of hydrogen-bond donors (Lipinski definition) is 1. The fraction of sp³-hybridized carbons (Fsp3) is 0.0769. The minimum absolute atomic E-state index is 0.412. The minimum Gasteiger partial charge on any atom is -0.495 e. The maximum Gasteiger partial charge on any atom is 0.160 e. The molecule has 0 aliphatic rings. The van der Waals surface area contributed by atoms with Crippen LogP contribution in [0.3, 0.4) is 0 Å². The highest BCUT2D eigenvalue weighted by Gasteiger charge is 2.06. The average Bonchev–Trinajstić information content (AvgIpc) is 2.34. The van der Waals surface area contributed by atoms with E-state index in [2.05, 4.69) is 5.32 Å². The summed E-state index contributed by atoms with van der Waals surface area (Å²) in [6, 6.07) is 8.55. The van der Waals surface area contributed by atoms with Gasteiger partial charge in [0.25, 0.3) is 0 Å². The van der Waals surface area contributed by atoms with Gasteiger partial charge in [0.15, 0.2) is 11.6 Å². The molecule has 0 saturated heterocycles. The second-order valence-electron chi connectivity index (χ2n) is 3.60. The molecule has 1 N–H and O–H groups in total. The number of nitrogens with one attached hydrogen (secondary N) is 1. The molecule has 2 aromatic carbocycles. The first kappa shape index (κ1) is 12.6. The lowest BCUT2D eigenvalue weighted by molar-refractivity contribution is 0.417. The number of anilines is 2. The second-order valence-corrected chi connectivity index (χ2v) is 4.03. The molecular formula is C13H10ClF2NO. The monoisotopic (exact) mass is 269 g/mol. The van der Waals surface area contributed by atoms with Gasteiger partial charge in [0.2, 0.25) is 0 Å². The van der Waals surface area contributed by atoms with Gasteiger partial charge in [0.1, 0.15) is 5.75 Å². The molecule has 0 amide bonds. The fourth-order valence-corrected chi connectivity index (χ4v) is 1.68. The van der Waals surface area contributed by atoms with E-state index in [9.17, 15) is 8.78 Å². The summed E-state index contributed by atoms with van der Waals surface area (Å²) >= 11 is 5.87. The maximum absolute atomic E-state index is 13.1. The van der Waals surface area contributed by atoms with E-state index in [4.69, 9.17) is 16.3 Å². The number of methoxy groups -OCH3 is 1. The molecule has 0 spiro atoms. The third-order valence-corrected chi connectivity index (χ3v) is 2.60. The fourth-order valence-electron chi connectivity index (χ4n) is 1.51. The molecule has 0 fully saturated rings. The number of ether oxygens (including phenoxy) is 1. The van der Waals surface area contributed by atoms with E-state index in [0.717, 1.165) is 12.1 Å². The van der Waals surface area contributed by atoms with Crippen LogP contribution >= 0.6 is 11.6 Å². The Morgan fingerprint density at radius 2 is 1.83 bits per heavy atom. The van der Waals surface area contributed by atoms with Gasteiger partial charge in [0.05, 0.1) is 12.8 Å². The Labute approximate surface area is 108 Å². The molecule has 0 aliphatic carbocycles. The van der Waals surface area contributed by atoms with Gasteiger partial charge in [-0.1, -0.05) is 11.6 Å². The summed E-state index contributed by atoms with van der Waals surface area (Å²) < 4.78 is 31.0. The van der Waals surface area contributed by atoms with E-state index in [0.29, 0.717) is 22.1 Å². The summed E-state index contributed by atoms with van der Waals surface area (Å²) in [6.07, 6.45) is 0. The van der Waals surface area contributed by atoms with Crippen LogP contribution in [0.2, 0.25) is 5.02 Å². The highest BCUT2D eigenvalue weighted by molar-refractivity contribution is 6.31. The molecule has 0 aliphatic heterocycles. The number of rotatable bonds is 3. The lowest BCUT2D eigenvalue weighted by Crippen LogP contribution is -1.96. The molecule has 0 heterocycles. The van der Waals surface area contributed by atoms with E-state index in [1.54, 1.807) is 18.2 Å². The Morgan fingerprint density at radius 3 is 2.50 bits per heavy atom. The van der Waals surface area contributed by atoms with E-state index >= 15 is 0 Å². The smallest absolute Gasteiger partial charge is 0.160 e. The zero-order valence-electron chi connectivity index (χ0n) is 9.51. The van der Waals surface area contributed by atoms with Crippen molar-refractivity contribution in [3.8, 4) is 5.75 Å². The Morgan fingerprint density at radius 1 is 1.06 bits per heavy atom. The lowest BCUT2D eigenvalue weighted by atomic mass is 10.2. The maximum atomic E-state index is 13.1. The first-order valence-corrected chi connectivity index (χ1v) is 5.53. The molecule has 2 nitrogen and oxygen atoms in total. The van der Waals surface area contributed by atoms with Crippen LogP contribution in [0.5, 0.6) is 5.75 Å². The van der Waals surface area contributed by atoms with E-state index in [1.807, 2.05) is 0 Å². The third-order valence-electron chi connectivity index (χ3n) is 2.36. The van der Waals surface area contributed by atoms with Gasteiger partial charge in [-0.15, -0.1) is 0 Å². The van der Waals surface area contributed by atoms with Crippen LogP contribution < -0.4 is 10.1 Å². The molecule has 0 saturated carbocycles. The Hall–Kier alpha value is -1.81. The molecule has 0 atom stereocenters. The van der Waals surface area contributed by atoms with E-state index < -0.39 is 11.6 Å². The van der Waals surface area contributed by atoms with Crippen molar-refractivity contribution < 1.29 is 13.5 Å². The molecule has 0 radical (unpaired) electrons. The van der Waals surface area contributed by atoms with Crippen LogP contribution in [0.1, 0.15) is 0 Å². The largest absolute Gasteiger partial charge is 0.495 e. The first-order chi connectivity index (χ1) is 8.60. The van der Waals surface area contributed by atoms with Gasteiger partial charge in [-0.25, -0.2) is 8.78 Å². The highest BCUT2D eigenvalue weighted by atomic mass is 35.5. The number of benzene rings is 2. The Bertz CT molecular complexity index is 575. The molecule has 18 heavy (non-hydrogen) atoms. The normalized spacial score (nSPS) is 10.2. The summed E-state index contributed by atoms with van der Waals surface area (Å²) in [5.41, 5.74) is 0.991. The van der Waals surface area contributed by atoms with Crippen molar-refractivity contribution >= 4 is 23.0 Å². The van der Waals surface area contributed by atoms with Gasteiger partial charge in [-0.3, -0.25) is 0 Å². The van der Waals surface area contributed by atoms with Crippen molar-refractivity contribution in [3.05, 3.63) is 53.1 Å². The summed E-state index contributed by atoms with van der Waals surface area (Å²) in [4.78, 5) is 0. The quantitative estimate of drug-likeness (QED) is 0.893. The van der Waals surface area contributed by atoms with Crippen LogP contribution in [0.4, 0.5) is 20.2 Å². The predicted molar refractivity (Wildman–Crippen MR) is 67.6 cm³/mol. The van der Waals surface area contributed by atoms with Crippen molar-refractivity contribution in [2.45, 2.75) is 0 Å². The standard InChI is InChI=1S/C13H10ClF2NO/c1-18-13-5-2-8(14)6-12(13)17-9-3-4-10(15)11(16)7-9/h2-7,17H,1H3. The second kappa shape index (κ2) is 5.23. The van der Waals surface area contributed by atoms with Gasteiger partial charge in [0, 0.05) is 16.8 Å². The molecule has 2 aromatic rings. The molecule has 5 heteroatoms. The molecule has 2 rings (SSSR count). The molecule has 0 aromatic heterocycles. The molecule has 94 valence electrons. The first-order valence-electron chi connectivity index (χ1n) is 5.16. The summed E-state index contributed by atoms with van der Waals surface area (Å²) in [7, 11) is 1.51. The minimum atomic E-state index is -0.916. The third kappa shape index (κ3) is 2.71. The van der Waals surface area contributed by atoms with Crippen LogP contribution in [-0.2, 0) is 0 Å². The van der Waals surface area contributed by atoms with Crippen LogP contribution in [0.25, 0.3) is 0 Å².